The van der Waals surface area contributed by atoms with E-state index >= 15 is 0 Å². The SMILES string of the molecule is C=CCN(O)C(=O)OCC1c2ccccc2-c2ccccc21. The Bertz CT molecular complexity index is 665. The summed E-state index contributed by atoms with van der Waals surface area (Å²) in [5.74, 6) is -0.00604. The van der Waals surface area contributed by atoms with Gasteiger partial charge in [-0.15, -0.1) is 6.58 Å². The quantitative estimate of drug-likeness (QED) is 0.530. The number of amides is 1. The molecule has 0 bridgehead atoms. The van der Waals surface area contributed by atoms with Gasteiger partial charge in [0.25, 0.3) is 0 Å². The molecule has 112 valence electrons. The maximum absolute atomic E-state index is 11.7. The van der Waals surface area contributed by atoms with Crippen LogP contribution in [-0.2, 0) is 4.74 Å². The smallest absolute Gasteiger partial charge is 0.434 e. The monoisotopic (exact) mass is 295 g/mol. The summed E-state index contributed by atoms with van der Waals surface area (Å²) in [6, 6.07) is 16.2. The molecule has 1 amide bonds. The van der Waals surface area contributed by atoms with Crippen molar-refractivity contribution in [1.82, 2.24) is 5.06 Å². The summed E-state index contributed by atoms with van der Waals surface area (Å²) in [4.78, 5) is 11.7. The number of hydrogen-bond donors (Lipinski definition) is 1. The minimum Gasteiger partial charge on any atom is -0.447 e. The van der Waals surface area contributed by atoms with Gasteiger partial charge in [0.1, 0.15) is 6.61 Å². The van der Waals surface area contributed by atoms with Crippen LogP contribution in [0.1, 0.15) is 17.0 Å². The molecule has 0 aromatic heterocycles. The van der Waals surface area contributed by atoms with Crippen LogP contribution in [0.2, 0.25) is 0 Å². The molecule has 0 fully saturated rings. The zero-order valence-electron chi connectivity index (χ0n) is 12.1. The van der Waals surface area contributed by atoms with Gasteiger partial charge in [0.15, 0.2) is 0 Å². The second kappa shape index (κ2) is 6.03. The summed E-state index contributed by atoms with van der Waals surface area (Å²) < 4.78 is 5.24. The Morgan fingerprint density at radius 2 is 1.68 bits per heavy atom. The number of hydrogen-bond acceptors (Lipinski definition) is 3. The second-order valence-corrected chi connectivity index (χ2v) is 5.17. The third kappa shape index (κ3) is 2.49. The Labute approximate surface area is 129 Å². The van der Waals surface area contributed by atoms with E-state index in [9.17, 15) is 10.0 Å². The number of carbonyl (C=O) groups excluding carboxylic acids is 1. The molecular formula is C18H17NO3. The van der Waals surface area contributed by atoms with E-state index in [1.54, 1.807) is 0 Å². The van der Waals surface area contributed by atoms with E-state index in [1.807, 2.05) is 36.4 Å². The van der Waals surface area contributed by atoms with Gasteiger partial charge in [0, 0.05) is 5.92 Å². The molecular weight excluding hydrogens is 278 g/mol. The molecule has 0 radical (unpaired) electrons. The Balaban J connectivity index is 1.82. The Morgan fingerprint density at radius 1 is 1.14 bits per heavy atom. The van der Waals surface area contributed by atoms with Crippen molar-refractivity contribution in [3.63, 3.8) is 0 Å². The molecule has 1 aliphatic carbocycles. The van der Waals surface area contributed by atoms with Crippen LogP contribution >= 0.6 is 0 Å². The molecule has 2 aromatic rings. The largest absolute Gasteiger partial charge is 0.447 e. The molecule has 1 N–H and O–H groups in total. The van der Waals surface area contributed by atoms with Gasteiger partial charge in [-0.2, -0.15) is 5.06 Å². The summed E-state index contributed by atoms with van der Waals surface area (Å²) in [5, 5.41) is 9.98. The van der Waals surface area contributed by atoms with Crippen molar-refractivity contribution < 1.29 is 14.7 Å². The van der Waals surface area contributed by atoms with Gasteiger partial charge < -0.3 is 4.74 Å². The van der Waals surface area contributed by atoms with Crippen LogP contribution in [0.25, 0.3) is 11.1 Å². The predicted molar refractivity (Wildman–Crippen MR) is 83.8 cm³/mol. The van der Waals surface area contributed by atoms with Crippen molar-refractivity contribution in [3.05, 3.63) is 72.3 Å². The number of rotatable bonds is 4. The van der Waals surface area contributed by atoms with Gasteiger partial charge in [0.2, 0.25) is 0 Å². The molecule has 0 atom stereocenters. The van der Waals surface area contributed by atoms with Gasteiger partial charge in [-0.05, 0) is 22.3 Å². The molecule has 0 unspecified atom stereocenters. The van der Waals surface area contributed by atoms with E-state index in [-0.39, 0.29) is 19.1 Å². The number of nitrogens with zero attached hydrogens (tertiary/aromatic N) is 1. The summed E-state index contributed by atoms with van der Waals surface area (Å²) in [6.07, 6.45) is 0.670. The van der Waals surface area contributed by atoms with E-state index in [2.05, 4.69) is 18.7 Å². The molecule has 0 saturated heterocycles. The summed E-state index contributed by atoms with van der Waals surface area (Å²) in [6.45, 7) is 3.70. The third-order valence-electron chi connectivity index (χ3n) is 3.85. The zero-order chi connectivity index (χ0) is 15.5. The minimum atomic E-state index is -0.762. The normalized spacial score (nSPS) is 12.4. The van der Waals surface area contributed by atoms with E-state index in [4.69, 9.17) is 4.74 Å². The van der Waals surface area contributed by atoms with Gasteiger partial charge in [-0.3, -0.25) is 5.21 Å². The van der Waals surface area contributed by atoms with Crippen LogP contribution in [-0.4, -0.2) is 29.5 Å². The number of benzene rings is 2. The second-order valence-electron chi connectivity index (χ2n) is 5.17. The molecule has 4 heteroatoms. The predicted octanol–water partition coefficient (Wildman–Crippen LogP) is 3.81. The highest BCUT2D eigenvalue weighted by Crippen LogP contribution is 2.44. The van der Waals surface area contributed by atoms with Gasteiger partial charge in [0.05, 0.1) is 6.54 Å². The maximum atomic E-state index is 11.7. The molecule has 1 aliphatic rings. The van der Waals surface area contributed by atoms with Crippen LogP contribution in [0.3, 0.4) is 0 Å². The van der Waals surface area contributed by atoms with Gasteiger partial charge >= 0.3 is 6.09 Å². The van der Waals surface area contributed by atoms with Crippen LogP contribution < -0.4 is 0 Å². The first kappa shape index (κ1) is 14.4. The molecule has 22 heavy (non-hydrogen) atoms. The van der Waals surface area contributed by atoms with E-state index in [0.29, 0.717) is 5.06 Å². The zero-order valence-corrected chi connectivity index (χ0v) is 12.1. The van der Waals surface area contributed by atoms with Crippen molar-refractivity contribution in [1.29, 1.82) is 0 Å². The Hall–Kier alpha value is -2.59. The number of hydroxylamine groups is 2. The van der Waals surface area contributed by atoms with E-state index in [1.165, 1.54) is 17.2 Å². The maximum Gasteiger partial charge on any atom is 0.434 e. The lowest BCUT2D eigenvalue weighted by Crippen LogP contribution is -2.29. The summed E-state index contributed by atoms with van der Waals surface area (Å²) in [5.41, 5.74) is 4.63. The van der Waals surface area contributed by atoms with Crippen LogP contribution in [0.15, 0.2) is 61.2 Å². The van der Waals surface area contributed by atoms with E-state index < -0.39 is 6.09 Å². The summed E-state index contributed by atoms with van der Waals surface area (Å²) in [7, 11) is 0. The first-order valence-electron chi connectivity index (χ1n) is 7.14. The highest BCUT2D eigenvalue weighted by molar-refractivity contribution is 5.79. The number of fused-ring (bicyclic) bond motifs is 3. The van der Waals surface area contributed by atoms with Crippen molar-refractivity contribution in [2.45, 2.75) is 5.92 Å². The average Bonchev–Trinajstić information content (AvgIpc) is 2.87. The Morgan fingerprint density at radius 3 is 2.23 bits per heavy atom. The van der Waals surface area contributed by atoms with Crippen molar-refractivity contribution >= 4 is 6.09 Å². The molecule has 0 heterocycles. The average molecular weight is 295 g/mol. The number of ether oxygens (including phenoxy) is 1. The molecule has 0 spiro atoms. The third-order valence-corrected chi connectivity index (χ3v) is 3.85. The molecule has 2 aromatic carbocycles. The lowest BCUT2D eigenvalue weighted by Gasteiger charge is -2.17. The molecule has 0 saturated carbocycles. The standard InChI is InChI=1S/C18H17NO3/c1-2-11-19(21)18(20)22-12-17-15-9-5-3-7-13(15)14-8-4-6-10-16(14)17/h2-10,17,21H,1,11-12H2. The highest BCUT2D eigenvalue weighted by atomic mass is 16.6. The van der Waals surface area contributed by atoms with Crippen molar-refractivity contribution in [3.8, 4) is 11.1 Å². The van der Waals surface area contributed by atoms with E-state index in [0.717, 1.165) is 11.1 Å². The minimum absolute atomic E-state index is 0.00604. The van der Waals surface area contributed by atoms with Gasteiger partial charge in [-0.25, -0.2) is 4.79 Å². The molecule has 3 rings (SSSR count). The fraction of sp³-hybridized carbons (Fsp3) is 0.167. The van der Waals surface area contributed by atoms with Crippen molar-refractivity contribution in [2.24, 2.45) is 0 Å². The van der Waals surface area contributed by atoms with Crippen molar-refractivity contribution in [2.75, 3.05) is 13.2 Å². The first-order chi connectivity index (χ1) is 10.7. The lowest BCUT2D eigenvalue weighted by molar-refractivity contribution is -0.0657. The summed E-state index contributed by atoms with van der Waals surface area (Å²) >= 11 is 0. The fourth-order valence-electron chi connectivity index (χ4n) is 2.87. The first-order valence-corrected chi connectivity index (χ1v) is 7.14. The fourth-order valence-corrected chi connectivity index (χ4v) is 2.87. The molecule has 0 aliphatic heterocycles. The van der Waals surface area contributed by atoms with Crippen LogP contribution in [0.4, 0.5) is 4.79 Å². The number of carbonyl (C=O) groups is 1. The highest BCUT2D eigenvalue weighted by Gasteiger charge is 2.29. The van der Waals surface area contributed by atoms with Crippen LogP contribution in [0, 0.1) is 0 Å². The van der Waals surface area contributed by atoms with Gasteiger partial charge in [-0.1, -0.05) is 54.6 Å². The van der Waals surface area contributed by atoms with Crippen LogP contribution in [0.5, 0.6) is 0 Å². The lowest BCUT2D eigenvalue weighted by atomic mass is 9.98. The Kier molecular flexibility index (Phi) is 3.94. The molecule has 4 nitrogen and oxygen atoms in total. The topological polar surface area (TPSA) is 49.8 Å².